The van der Waals surface area contributed by atoms with Gasteiger partial charge in [0.2, 0.25) is 10.0 Å². The van der Waals surface area contributed by atoms with Crippen LogP contribution in [0.2, 0.25) is 10.0 Å². The van der Waals surface area contributed by atoms with Gasteiger partial charge in [-0.15, -0.1) is 0 Å². The number of nitrogens with one attached hydrogen (secondary N) is 1. The van der Waals surface area contributed by atoms with E-state index in [2.05, 4.69) is 5.32 Å². The molecule has 0 aromatic heterocycles. The number of carbonyl (C=O) groups excluding carboxylic acids is 1. The van der Waals surface area contributed by atoms with E-state index in [0.717, 1.165) is 4.31 Å². The fourth-order valence-corrected chi connectivity index (χ4v) is 3.37. The quantitative estimate of drug-likeness (QED) is 0.829. The van der Waals surface area contributed by atoms with Gasteiger partial charge in [-0.3, -0.25) is 4.79 Å². The number of hydrogen-bond acceptors (Lipinski definition) is 4. The van der Waals surface area contributed by atoms with Crippen LogP contribution in [0.25, 0.3) is 0 Å². The third-order valence-electron chi connectivity index (χ3n) is 3.36. The standard InChI is InChI=1S/C16H16Cl2N2O4S/c1-20(2)25(22,23)15-9-11(5-7-14(15)24-3)19-16(21)10-4-6-12(17)13(18)8-10/h4-9H,1-3H3,(H,19,21). The summed E-state index contributed by atoms with van der Waals surface area (Å²) in [7, 11) is 0.461. The topological polar surface area (TPSA) is 75.7 Å². The Kier molecular flexibility index (Phi) is 5.95. The second-order valence-electron chi connectivity index (χ2n) is 5.24. The Balaban J connectivity index is 2.37. The number of amides is 1. The molecule has 2 aromatic carbocycles. The van der Waals surface area contributed by atoms with E-state index >= 15 is 0 Å². The SMILES string of the molecule is COc1ccc(NC(=O)c2ccc(Cl)c(Cl)c2)cc1S(=O)(=O)N(C)C. The maximum Gasteiger partial charge on any atom is 0.255 e. The Morgan fingerprint density at radius 3 is 2.32 bits per heavy atom. The van der Waals surface area contributed by atoms with Crippen LogP contribution in [0.15, 0.2) is 41.3 Å². The highest BCUT2D eigenvalue weighted by Crippen LogP contribution is 2.29. The number of hydrogen-bond donors (Lipinski definition) is 1. The van der Waals surface area contributed by atoms with E-state index in [4.69, 9.17) is 27.9 Å². The summed E-state index contributed by atoms with van der Waals surface area (Å²) in [6.45, 7) is 0. The zero-order valence-corrected chi connectivity index (χ0v) is 16.0. The minimum Gasteiger partial charge on any atom is -0.495 e. The predicted molar refractivity (Wildman–Crippen MR) is 98.3 cm³/mol. The number of ether oxygens (including phenoxy) is 1. The third kappa shape index (κ3) is 4.24. The Morgan fingerprint density at radius 1 is 1.08 bits per heavy atom. The van der Waals surface area contributed by atoms with Crippen LogP contribution in [-0.4, -0.2) is 39.8 Å². The van der Waals surface area contributed by atoms with Gasteiger partial charge in [0.25, 0.3) is 5.91 Å². The highest BCUT2D eigenvalue weighted by molar-refractivity contribution is 7.89. The number of halogens is 2. The van der Waals surface area contributed by atoms with Crippen molar-refractivity contribution in [2.24, 2.45) is 0 Å². The molecule has 1 N–H and O–H groups in total. The minimum absolute atomic E-state index is 0.0491. The Hall–Kier alpha value is -1.80. The van der Waals surface area contributed by atoms with Gasteiger partial charge in [0.05, 0.1) is 17.2 Å². The summed E-state index contributed by atoms with van der Waals surface area (Å²) in [6.07, 6.45) is 0. The number of benzene rings is 2. The lowest BCUT2D eigenvalue weighted by atomic mass is 10.2. The number of carbonyl (C=O) groups is 1. The van der Waals surface area contributed by atoms with Gasteiger partial charge in [-0.1, -0.05) is 23.2 Å². The number of rotatable bonds is 5. The van der Waals surface area contributed by atoms with Crippen LogP contribution in [0.1, 0.15) is 10.4 Å². The van der Waals surface area contributed by atoms with E-state index in [1.54, 1.807) is 6.07 Å². The van der Waals surface area contributed by atoms with E-state index in [0.29, 0.717) is 16.3 Å². The van der Waals surface area contributed by atoms with Gasteiger partial charge < -0.3 is 10.1 Å². The van der Waals surface area contributed by atoms with Gasteiger partial charge in [-0.25, -0.2) is 12.7 Å². The van der Waals surface area contributed by atoms with Crippen LogP contribution in [0.5, 0.6) is 5.75 Å². The molecule has 25 heavy (non-hydrogen) atoms. The van der Waals surface area contributed by atoms with Crippen molar-refractivity contribution in [2.45, 2.75) is 4.90 Å². The van der Waals surface area contributed by atoms with Crippen molar-refractivity contribution in [2.75, 3.05) is 26.5 Å². The van der Waals surface area contributed by atoms with Crippen LogP contribution in [-0.2, 0) is 10.0 Å². The third-order valence-corrected chi connectivity index (χ3v) is 5.94. The molecule has 9 heteroatoms. The fraction of sp³-hybridized carbons (Fsp3) is 0.188. The molecule has 0 aliphatic rings. The molecule has 0 spiro atoms. The van der Waals surface area contributed by atoms with E-state index in [1.807, 2.05) is 0 Å². The summed E-state index contributed by atoms with van der Waals surface area (Å²) < 4.78 is 31.0. The molecule has 0 aliphatic heterocycles. The Morgan fingerprint density at radius 2 is 1.76 bits per heavy atom. The molecule has 0 aliphatic carbocycles. The first-order chi connectivity index (χ1) is 11.7. The maximum atomic E-state index is 12.4. The average molecular weight is 403 g/mol. The molecule has 0 saturated heterocycles. The van der Waals surface area contributed by atoms with Crippen molar-refractivity contribution < 1.29 is 17.9 Å². The van der Waals surface area contributed by atoms with Crippen molar-refractivity contribution in [3.05, 3.63) is 52.0 Å². The van der Waals surface area contributed by atoms with Crippen molar-refractivity contribution in [3.8, 4) is 5.75 Å². The van der Waals surface area contributed by atoms with Crippen molar-refractivity contribution in [1.82, 2.24) is 4.31 Å². The summed E-state index contributed by atoms with van der Waals surface area (Å²) >= 11 is 11.7. The first-order valence-corrected chi connectivity index (χ1v) is 9.23. The Bertz CT molecular complexity index is 914. The van der Waals surface area contributed by atoms with E-state index < -0.39 is 15.9 Å². The van der Waals surface area contributed by atoms with Gasteiger partial charge in [0.1, 0.15) is 10.6 Å². The van der Waals surface area contributed by atoms with Crippen molar-refractivity contribution >= 4 is 44.8 Å². The maximum absolute atomic E-state index is 12.4. The van der Waals surface area contributed by atoms with Gasteiger partial charge in [0, 0.05) is 25.3 Å². The number of sulfonamides is 1. The van der Waals surface area contributed by atoms with Gasteiger partial charge in [-0.2, -0.15) is 0 Å². The van der Waals surface area contributed by atoms with E-state index in [-0.39, 0.29) is 15.7 Å². The van der Waals surface area contributed by atoms with Crippen LogP contribution in [0.4, 0.5) is 5.69 Å². The highest BCUT2D eigenvalue weighted by atomic mass is 35.5. The van der Waals surface area contributed by atoms with Crippen molar-refractivity contribution in [3.63, 3.8) is 0 Å². The molecule has 0 saturated carbocycles. The summed E-state index contributed by atoms with van der Waals surface area (Å²) in [5.41, 5.74) is 0.597. The molecule has 0 heterocycles. The molecule has 0 bridgehead atoms. The predicted octanol–water partition coefficient (Wildman–Crippen LogP) is 3.50. The normalized spacial score (nSPS) is 11.4. The number of nitrogens with zero attached hydrogens (tertiary/aromatic N) is 1. The van der Waals surface area contributed by atoms with E-state index in [1.165, 1.54) is 51.5 Å². The summed E-state index contributed by atoms with van der Waals surface area (Å²) in [4.78, 5) is 12.3. The largest absolute Gasteiger partial charge is 0.495 e. The van der Waals surface area contributed by atoms with Gasteiger partial charge in [-0.05, 0) is 36.4 Å². The second kappa shape index (κ2) is 7.61. The lowest BCUT2D eigenvalue weighted by Crippen LogP contribution is -2.23. The lowest BCUT2D eigenvalue weighted by Gasteiger charge is -2.16. The molecule has 0 fully saturated rings. The Labute approximate surface area is 156 Å². The van der Waals surface area contributed by atoms with Crippen LogP contribution in [0, 0.1) is 0 Å². The van der Waals surface area contributed by atoms with Crippen LogP contribution >= 0.6 is 23.2 Å². The number of anilines is 1. The summed E-state index contributed by atoms with van der Waals surface area (Å²) in [5, 5.41) is 3.21. The molecular weight excluding hydrogens is 387 g/mol. The molecule has 0 unspecified atom stereocenters. The molecule has 134 valence electrons. The molecule has 0 radical (unpaired) electrons. The highest BCUT2D eigenvalue weighted by Gasteiger charge is 2.23. The van der Waals surface area contributed by atoms with Gasteiger partial charge in [0.15, 0.2) is 0 Å². The first-order valence-electron chi connectivity index (χ1n) is 7.03. The average Bonchev–Trinajstić information content (AvgIpc) is 2.57. The number of methoxy groups -OCH3 is 1. The lowest BCUT2D eigenvalue weighted by molar-refractivity contribution is 0.102. The zero-order chi connectivity index (χ0) is 18.8. The smallest absolute Gasteiger partial charge is 0.255 e. The second-order valence-corrected chi connectivity index (χ2v) is 8.17. The summed E-state index contributed by atoms with van der Waals surface area (Å²) in [6, 6.07) is 8.81. The monoisotopic (exact) mass is 402 g/mol. The van der Waals surface area contributed by atoms with E-state index in [9.17, 15) is 13.2 Å². The fourth-order valence-electron chi connectivity index (χ4n) is 1.99. The summed E-state index contributed by atoms with van der Waals surface area (Å²) in [5.74, 6) is -0.266. The molecule has 1 amide bonds. The molecule has 0 atom stereocenters. The minimum atomic E-state index is -3.74. The molecule has 2 aromatic rings. The molecule has 2 rings (SSSR count). The van der Waals surface area contributed by atoms with Crippen LogP contribution in [0.3, 0.4) is 0 Å². The van der Waals surface area contributed by atoms with Crippen LogP contribution < -0.4 is 10.1 Å². The van der Waals surface area contributed by atoms with Crippen molar-refractivity contribution in [1.29, 1.82) is 0 Å². The van der Waals surface area contributed by atoms with Gasteiger partial charge >= 0.3 is 0 Å². The molecular formula is C16H16Cl2N2O4S. The first kappa shape index (κ1) is 19.5. The zero-order valence-electron chi connectivity index (χ0n) is 13.7. The molecule has 6 nitrogen and oxygen atoms in total.